The summed E-state index contributed by atoms with van der Waals surface area (Å²) in [5, 5.41) is 0. The van der Waals surface area contributed by atoms with Crippen LogP contribution < -0.4 is 5.73 Å². The highest BCUT2D eigenvalue weighted by molar-refractivity contribution is 5.87. The fraction of sp³-hybridized carbons (Fsp3) is 0.500. The first-order valence-corrected chi connectivity index (χ1v) is 7.58. The van der Waals surface area contributed by atoms with Crippen LogP contribution in [0, 0.1) is 11.3 Å². The van der Waals surface area contributed by atoms with Crippen molar-refractivity contribution in [3.05, 3.63) is 35.9 Å². The summed E-state index contributed by atoms with van der Waals surface area (Å²) in [6.45, 7) is 6.71. The zero-order valence-corrected chi connectivity index (χ0v) is 13.1. The highest BCUT2D eigenvalue weighted by Crippen LogP contribution is 2.39. The zero-order valence-electron chi connectivity index (χ0n) is 13.1. The molecule has 0 aromatic heterocycles. The molecule has 0 bridgehead atoms. The number of esters is 1. The lowest BCUT2D eigenvalue weighted by atomic mass is 9.71. The Morgan fingerprint density at radius 3 is 2.81 bits per heavy atom. The number of carbonyl (C=O) groups is 1. The largest absolute Gasteiger partial charge is 0.459 e. The maximum Gasteiger partial charge on any atom is 0.331 e. The van der Waals surface area contributed by atoms with Crippen LogP contribution in [0.1, 0.15) is 45.6 Å². The minimum absolute atomic E-state index is 0.0294. The van der Waals surface area contributed by atoms with Crippen LogP contribution in [0.5, 0.6) is 0 Å². The average molecular weight is 287 g/mol. The van der Waals surface area contributed by atoms with E-state index in [-0.39, 0.29) is 17.5 Å². The van der Waals surface area contributed by atoms with Crippen LogP contribution in [-0.2, 0) is 9.53 Å². The van der Waals surface area contributed by atoms with E-state index in [0.29, 0.717) is 11.6 Å². The van der Waals surface area contributed by atoms with Gasteiger partial charge in [-0.1, -0.05) is 32.9 Å². The van der Waals surface area contributed by atoms with E-state index in [0.717, 1.165) is 18.4 Å². The van der Waals surface area contributed by atoms with Crippen LogP contribution in [-0.4, -0.2) is 12.1 Å². The topological polar surface area (TPSA) is 52.3 Å². The first-order chi connectivity index (χ1) is 9.84. The van der Waals surface area contributed by atoms with E-state index in [4.69, 9.17) is 10.5 Å². The first kappa shape index (κ1) is 15.6. The van der Waals surface area contributed by atoms with Crippen LogP contribution in [0.3, 0.4) is 0 Å². The predicted octanol–water partition coefficient (Wildman–Crippen LogP) is 4.04. The van der Waals surface area contributed by atoms with Gasteiger partial charge in [0.05, 0.1) is 0 Å². The van der Waals surface area contributed by atoms with Gasteiger partial charge in [-0.2, -0.15) is 0 Å². The van der Waals surface area contributed by atoms with Crippen molar-refractivity contribution in [2.24, 2.45) is 11.3 Å². The standard InChI is InChI=1S/C18H25NO2/c1-13-9-16(12-18(2,3)11-13)21-17(20)8-7-14-5-4-6-15(19)10-14/h4-8,10,13,16H,9,11-12,19H2,1-3H3/b8-7+. The second-order valence-corrected chi connectivity index (χ2v) is 6.98. The molecule has 1 aromatic rings. The molecule has 0 spiro atoms. The molecule has 0 saturated heterocycles. The molecule has 1 saturated carbocycles. The summed E-state index contributed by atoms with van der Waals surface area (Å²) < 4.78 is 5.59. The Labute approximate surface area is 127 Å². The number of nitrogen functional groups attached to an aromatic ring is 1. The first-order valence-electron chi connectivity index (χ1n) is 7.58. The Bertz CT molecular complexity index is 534. The van der Waals surface area contributed by atoms with Gasteiger partial charge in [-0.3, -0.25) is 0 Å². The Hall–Kier alpha value is -1.77. The molecule has 0 amide bonds. The minimum Gasteiger partial charge on any atom is -0.459 e. The maximum atomic E-state index is 11.9. The summed E-state index contributed by atoms with van der Waals surface area (Å²) in [7, 11) is 0. The zero-order chi connectivity index (χ0) is 15.5. The van der Waals surface area contributed by atoms with Crippen molar-refractivity contribution in [2.45, 2.75) is 46.1 Å². The lowest BCUT2D eigenvalue weighted by Crippen LogP contribution is -2.33. The molecule has 3 nitrogen and oxygen atoms in total. The summed E-state index contributed by atoms with van der Waals surface area (Å²) in [5.41, 5.74) is 7.55. The van der Waals surface area contributed by atoms with Crippen molar-refractivity contribution >= 4 is 17.7 Å². The van der Waals surface area contributed by atoms with Crippen molar-refractivity contribution in [1.29, 1.82) is 0 Å². The fourth-order valence-corrected chi connectivity index (χ4v) is 3.38. The molecule has 3 heteroatoms. The van der Waals surface area contributed by atoms with Gasteiger partial charge in [-0.25, -0.2) is 4.79 Å². The van der Waals surface area contributed by atoms with E-state index in [1.807, 2.05) is 24.3 Å². The van der Waals surface area contributed by atoms with Crippen molar-refractivity contribution in [2.75, 3.05) is 5.73 Å². The number of nitrogens with two attached hydrogens (primary N) is 1. The summed E-state index contributed by atoms with van der Waals surface area (Å²) >= 11 is 0. The summed E-state index contributed by atoms with van der Waals surface area (Å²) in [5.74, 6) is 0.330. The summed E-state index contributed by atoms with van der Waals surface area (Å²) in [6, 6.07) is 7.42. The van der Waals surface area contributed by atoms with E-state index in [1.165, 1.54) is 12.5 Å². The normalized spacial score (nSPS) is 24.9. The SMILES string of the molecule is CC1CC(OC(=O)/C=C/c2cccc(N)c2)CC(C)(C)C1. The average Bonchev–Trinajstić information content (AvgIpc) is 2.34. The molecule has 2 rings (SSSR count). The Balaban J connectivity index is 1.92. The van der Waals surface area contributed by atoms with Gasteiger partial charge in [-0.15, -0.1) is 0 Å². The molecular formula is C18H25NO2. The molecule has 2 atom stereocenters. The minimum atomic E-state index is -0.271. The molecule has 1 fully saturated rings. The van der Waals surface area contributed by atoms with Gasteiger partial charge in [0, 0.05) is 11.8 Å². The van der Waals surface area contributed by atoms with Crippen molar-refractivity contribution < 1.29 is 9.53 Å². The lowest BCUT2D eigenvalue weighted by Gasteiger charge is -2.38. The molecule has 1 aromatic carbocycles. The third-order valence-corrected chi connectivity index (χ3v) is 3.95. The van der Waals surface area contributed by atoms with E-state index >= 15 is 0 Å². The fourth-order valence-electron chi connectivity index (χ4n) is 3.38. The van der Waals surface area contributed by atoms with Gasteiger partial charge in [-0.05, 0) is 54.4 Å². The van der Waals surface area contributed by atoms with Crippen LogP contribution >= 0.6 is 0 Å². The molecule has 0 heterocycles. The smallest absolute Gasteiger partial charge is 0.331 e. The molecule has 0 aliphatic heterocycles. The maximum absolute atomic E-state index is 11.9. The van der Waals surface area contributed by atoms with Crippen molar-refractivity contribution in [3.63, 3.8) is 0 Å². The van der Waals surface area contributed by atoms with Gasteiger partial charge >= 0.3 is 5.97 Å². The number of carbonyl (C=O) groups excluding carboxylic acids is 1. The molecular weight excluding hydrogens is 262 g/mol. The highest BCUT2D eigenvalue weighted by Gasteiger charge is 2.33. The number of hydrogen-bond acceptors (Lipinski definition) is 3. The molecule has 1 aliphatic carbocycles. The number of benzene rings is 1. The second-order valence-electron chi connectivity index (χ2n) is 6.98. The van der Waals surface area contributed by atoms with Gasteiger partial charge < -0.3 is 10.5 Å². The molecule has 2 N–H and O–H groups in total. The summed E-state index contributed by atoms with van der Waals surface area (Å²) in [4.78, 5) is 11.9. The molecule has 1 aliphatic rings. The molecule has 2 unspecified atom stereocenters. The Morgan fingerprint density at radius 1 is 1.38 bits per heavy atom. The van der Waals surface area contributed by atoms with Crippen molar-refractivity contribution in [1.82, 2.24) is 0 Å². The third kappa shape index (κ3) is 4.92. The van der Waals surface area contributed by atoms with Crippen LogP contribution in [0.2, 0.25) is 0 Å². The monoisotopic (exact) mass is 287 g/mol. The number of hydrogen-bond donors (Lipinski definition) is 1. The van der Waals surface area contributed by atoms with Gasteiger partial charge in [0.15, 0.2) is 0 Å². The predicted molar refractivity (Wildman–Crippen MR) is 86.6 cm³/mol. The van der Waals surface area contributed by atoms with Crippen molar-refractivity contribution in [3.8, 4) is 0 Å². The van der Waals surface area contributed by atoms with Gasteiger partial charge in [0.25, 0.3) is 0 Å². The van der Waals surface area contributed by atoms with E-state index in [2.05, 4.69) is 20.8 Å². The van der Waals surface area contributed by atoms with E-state index < -0.39 is 0 Å². The van der Waals surface area contributed by atoms with Gasteiger partial charge in [0.1, 0.15) is 6.10 Å². The Morgan fingerprint density at radius 2 is 2.14 bits per heavy atom. The number of rotatable bonds is 3. The number of anilines is 1. The second kappa shape index (κ2) is 6.33. The Kier molecular flexibility index (Phi) is 4.71. The summed E-state index contributed by atoms with van der Waals surface area (Å²) in [6.07, 6.45) is 6.36. The van der Waals surface area contributed by atoms with Crippen LogP contribution in [0.15, 0.2) is 30.3 Å². The molecule has 114 valence electrons. The van der Waals surface area contributed by atoms with Gasteiger partial charge in [0.2, 0.25) is 0 Å². The van der Waals surface area contributed by atoms with E-state index in [1.54, 1.807) is 6.08 Å². The number of ether oxygens (including phenoxy) is 1. The molecule has 0 radical (unpaired) electrons. The quantitative estimate of drug-likeness (QED) is 0.518. The third-order valence-electron chi connectivity index (χ3n) is 3.95. The lowest BCUT2D eigenvalue weighted by molar-refractivity contribution is -0.147. The van der Waals surface area contributed by atoms with Crippen LogP contribution in [0.4, 0.5) is 5.69 Å². The van der Waals surface area contributed by atoms with Crippen LogP contribution in [0.25, 0.3) is 6.08 Å². The molecule has 21 heavy (non-hydrogen) atoms. The van der Waals surface area contributed by atoms with E-state index in [9.17, 15) is 4.79 Å². The highest BCUT2D eigenvalue weighted by atomic mass is 16.5.